The second-order valence-electron chi connectivity index (χ2n) is 6.14. The van der Waals surface area contributed by atoms with Gasteiger partial charge in [-0.2, -0.15) is 10.5 Å². The highest BCUT2D eigenvalue weighted by Crippen LogP contribution is 2.29. The summed E-state index contributed by atoms with van der Waals surface area (Å²) in [6.07, 6.45) is 4.29. The minimum absolute atomic E-state index is 0.0344. The normalized spacial score (nSPS) is 10.4. The van der Waals surface area contributed by atoms with E-state index in [4.69, 9.17) is 10.5 Å². The van der Waals surface area contributed by atoms with E-state index in [2.05, 4.69) is 11.9 Å². The number of unbranched alkanes of at least 4 members (excludes halogenated alkanes) is 3. The summed E-state index contributed by atoms with van der Waals surface area (Å²) in [5.74, 6) is -0.691. The van der Waals surface area contributed by atoms with Gasteiger partial charge in [-0.15, -0.1) is 0 Å². The van der Waals surface area contributed by atoms with Crippen molar-refractivity contribution in [2.75, 3.05) is 12.3 Å². The smallest absolute Gasteiger partial charge is 0.268 e. The van der Waals surface area contributed by atoms with E-state index < -0.39 is 11.4 Å². The van der Waals surface area contributed by atoms with Gasteiger partial charge in [-0.05, 0) is 18.1 Å². The van der Waals surface area contributed by atoms with Gasteiger partial charge in [-0.1, -0.05) is 38.3 Å². The molecule has 0 aliphatic rings. The molecule has 1 heterocycles. The van der Waals surface area contributed by atoms with Gasteiger partial charge in [-0.3, -0.25) is 4.79 Å². The molecule has 3 N–H and O–H groups in total. The van der Waals surface area contributed by atoms with Crippen LogP contribution in [0.3, 0.4) is 0 Å². The highest BCUT2D eigenvalue weighted by atomic mass is 19.1. The monoisotopic (exact) mass is 368 g/mol. The largest absolute Gasteiger partial charge is 0.384 e. The van der Waals surface area contributed by atoms with Crippen LogP contribution < -0.4 is 11.3 Å². The zero-order chi connectivity index (χ0) is 19.8. The second kappa shape index (κ2) is 9.51. The average molecular weight is 368 g/mol. The summed E-state index contributed by atoms with van der Waals surface area (Å²) >= 11 is 0. The maximum Gasteiger partial charge on any atom is 0.268 e. The first-order valence-electron chi connectivity index (χ1n) is 8.76. The molecule has 0 atom stereocenters. The molecule has 7 heteroatoms. The first-order valence-corrected chi connectivity index (χ1v) is 8.76. The lowest BCUT2D eigenvalue weighted by atomic mass is 9.95. The van der Waals surface area contributed by atoms with Crippen molar-refractivity contribution in [1.29, 1.82) is 10.5 Å². The van der Waals surface area contributed by atoms with Crippen LogP contribution in [0.5, 0.6) is 0 Å². The fourth-order valence-corrected chi connectivity index (χ4v) is 2.76. The van der Waals surface area contributed by atoms with Crippen molar-refractivity contribution in [3.63, 3.8) is 0 Å². The molecule has 0 aliphatic heterocycles. The summed E-state index contributed by atoms with van der Waals surface area (Å²) in [5, 5.41) is 18.6. The Morgan fingerprint density at radius 1 is 1.19 bits per heavy atom. The zero-order valence-electron chi connectivity index (χ0n) is 15.1. The van der Waals surface area contributed by atoms with Crippen molar-refractivity contribution in [3.8, 4) is 23.3 Å². The van der Waals surface area contributed by atoms with E-state index in [0.717, 1.165) is 25.7 Å². The molecule has 1 aromatic heterocycles. The molecule has 0 spiro atoms. The lowest BCUT2D eigenvalue weighted by Crippen LogP contribution is -2.16. The van der Waals surface area contributed by atoms with Gasteiger partial charge in [0.2, 0.25) is 0 Å². The van der Waals surface area contributed by atoms with Crippen LogP contribution in [0.2, 0.25) is 0 Å². The minimum Gasteiger partial charge on any atom is -0.384 e. The molecule has 0 aliphatic carbocycles. The molecule has 27 heavy (non-hydrogen) atoms. The molecule has 2 aromatic rings. The van der Waals surface area contributed by atoms with Crippen molar-refractivity contribution in [3.05, 3.63) is 51.1 Å². The van der Waals surface area contributed by atoms with Crippen LogP contribution in [0.1, 0.15) is 49.3 Å². The molecule has 6 nitrogen and oxygen atoms in total. The summed E-state index contributed by atoms with van der Waals surface area (Å²) < 4.78 is 20.0. The van der Waals surface area contributed by atoms with Crippen molar-refractivity contribution in [2.45, 2.75) is 39.2 Å². The van der Waals surface area contributed by atoms with E-state index in [0.29, 0.717) is 12.2 Å². The number of nitriles is 2. The number of benzene rings is 1. The fraction of sp³-hybridized carbons (Fsp3) is 0.350. The Labute approximate surface area is 157 Å². The first-order chi connectivity index (χ1) is 13.0. The van der Waals surface area contributed by atoms with E-state index in [1.54, 1.807) is 12.1 Å². The molecule has 0 radical (unpaired) electrons. The predicted octanol–water partition coefficient (Wildman–Crippen LogP) is 3.60. The number of anilines is 1. The number of ether oxygens (including phenoxy) is 1. The summed E-state index contributed by atoms with van der Waals surface area (Å²) in [5.41, 5.74) is 5.26. The maximum absolute atomic E-state index is 14.5. The number of hydrogen-bond donors (Lipinski definition) is 2. The topological polar surface area (TPSA) is 116 Å². The maximum atomic E-state index is 14.5. The quantitative estimate of drug-likeness (QED) is 0.691. The van der Waals surface area contributed by atoms with Crippen molar-refractivity contribution < 1.29 is 9.13 Å². The SMILES string of the molecule is CCCCCCOCc1ccc(-c2c(C#N)c(N)[nH]c(=O)c2C#N)cc1F. The predicted molar refractivity (Wildman–Crippen MR) is 100 cm³/mol. The Hall–Kier alpha value is -3.16. The van der Waals surface area contributed by atoms with Crippen LogP contribution in [0.25, 0.3) is 11.1 Å². The van der Waals surface area contributed by atoms with Crippen LogP contribution in [-0.4, -0.2) is 11.6 Å². The molecule has 0 unspecified atom stereocenters. The fourth-order valence-electron chi connectivity index (χ4n) is 2.76. The Balaban J connectivity index is 2.27. The second-order valence-corrected chi connectivity index (χ2v) is 6.14. The van der Waals surface area contributed by atoms with Crippen molar-refractivity contribution >= 4 is 5.82 Å². The average Bonchev–Trinajstić information content (AvgIpc) is 2.65. The molecule has 0 saturated carbocycles. The van der Waals surface area contributed by atoms with Gasteiger partial charge < -0.3 is 15.5 Å². The van der Waals surface area contributed by atoms with Gasteiger partial charge in [-0.25, -0.2) is 4.39 Å². The number of rotatable bonds is 8. The lowest BCUT2D eigenvalue weighted by molar-refractivity contribution is 0.114. The van der Waals surface area contributed by atoms with E-state index in [9.17, 15) is 19.7 Å². The summed E-state index contributed by atoms with van der Waals surface area (Å²) in [6, 6.07) is 7.88. The van der Waals surface area contributed by atoms with Crippen LogP contribution in [0.4, 0.5) is 10.2 Å². The number of halogens is 1. The van der Waals surface area contributed by atoms with Gasteiger partial charge in [0.25, 0.3) is 5.56 Å². The van der Waals surface area contributed by atoms with E-state index in [-0.39, 0.29) is 34.7 Å². The number of hydrogen-bond acceptors (Lipinski definition) is 5. The number of nitrogens with one attached hydrogen (secondary N) is 1. The lowest BCUT2D eigenvalue weighted by Gasteiger charge is -2.11. The van der Waals surface area contributed by atoms with Gasteiger partial charge in [0.05, 0.1) is 6.61 Å². The summed E-state index contributed by atoms with van der Waals surface area (Å²) in [6.45, 7) is 2.82. The highest BCUT2D eigenvalue weighted by molar-refractivity contribution is 5.80. The Bertz CT molecular complexity index is 954. The molecule has 0 bridgehead atoms. The number of aromatic nitrogens is 1. The third kappa shape index (κ3) is 4.72. The molecule has 0 fully saturated rings. The zero-order valence-corrected chi connectivity index (χ0v) is 15.1. The molecular weight excluding hydrogens is 347 g/mol. The Kier molecular flexibility index (Phi) is 7.10. The number of pyridine rings is 1. The summed E-state index contributed by atoms with van der Waals surface area (Å²) in [7, 11) is 0. The van der Waals surface area contributed by atoms with Gasteiger partial charge in [0.1, 0.15) is 34.9 Å². The number of nitrogens with two attached hydrogens (primary N) is 1. The molecule has 140 valence electrons. The number of nitrogen functional groups attached to an aromatic ring is 1. The number of H-pyrrole nitrogens is 1. The van der Waals surface area contributed by atoms with Crippen LogP contribution in [0, 0.1) is 28.5 Å². The molecule has 2 rings (SSSR count). The van der Waals surface area contributed by atoms with Gasteiger partial charge in [0.15, 0.2) is 0 Å². The number of nitrogens with zero attached hydrogens (tertiary/aromatic N) is 2. The van der Waals surface area contributed by atoms with Crippen LogP contribution >= 0.6 is 0 Å². The van der Waals surface area contributed by atoms with E-state index >= 15 is 0 Å². The summed E-state index contributed by atoms with van der Waals surface area (Å²) in [4.78, 5) is 14.2. The van der Waals surface area contributed by atoms with Crippen molar-refractivity contribution in [1.82, 2.24) is 4.98 Å². The van der Waals surface area contributed by atoms with Crippen LogP contribution in [0.15, 0.2) is 23.0 Å². The first kappa shape index (κ1) is 20.2. The standard InChI is InChI=1S/C20H21FN4O2/c1-2-3-4-5-8-27-12-14-7-6-13(9-17(14)21)18-15(10-22)19(24)25-20(26)16(18)11-23/h6-7,9H,2-5,8,12H2,1H3,(H3,24,25,26). The molecule has 0 saturated heterocycles. The Morgan fingerprint density at radius 3 is 2.56 bits per heavy atom. The van der Waals surface area contributed by atoms with Gasteiger partial charge >= 0.3 is 0 Å². The Morgan fingerprint density at radius 2 is 1.93 bits per heavy atom. The third-order valence-corrected chi connectivity index (χ3v) is 4.21. The van der Waals surface area contributed by atoms with E-state index in [1.165, 1.54) is 12.1 Å². The van der Waals surface area contributed by atoms with Crippen LogP contribution in [-0.2, 0) is 11.3 Å². The van der Waals surface area contributed by atoms with Crippen molar-refractivity contribution in [2.24, 2.45) is 0 Å². The molecule has 0 amide bonds. The molecule has 1 aromatic carbocycles. The third-order valence-electron chi connectivity index (χ3n) is 4.21. The van der Waals surface area contributed by atoms with Gasteiger partial charge in [0, 0.05) is 17.7 Å². The van der Waals surface area contributed by atoms with E-state index in [1.807, 2.05) is 6.07 Å². The number of aromatic amines is 1. The minimum atomic E-state index is -0.719. The highest BCUT2D eigenvalue weighted by Gasteiger charge is 2.19. The molecular formula is C20H21FN4O2.